The lowest BCUT2D eigenvalue weighted by atomic mass is 10.1. The van der Waals surface area contributed by atoms with Crippen molar-refractivity contribution in [2.45, 2.75) is 6.92 Å². The minimum Gasteiger partial charge on any atom is -0.496 e. The summed E-state index contributed by atoms with van der Waals surface area (Å²) < 4.78 is 10.5. The first-order valence-corrected chi connectivity index (χ1v) is 6.60. The zero-order chi connectivity index (χ0) is 15.2. The van der Waals surface area contributed by atoms with Crippen LogP contribution in [0.3, 0.4) is 0 Å². The largest absolute Gasteiger partial charge is 0.496 e. The molecule has 2 rings (SSSR count). The van der Waals surface area contributed by atoms with E-state index < -0.39 is 5.97 Å². The molecule has 0 amide bonds. The maximum atomic E-state index is 12.3. The van der Waals surface area contributed by atoms with E-state index in [1.807, 2.05) is 13.0 Å². The molecule has 2 aromatic carbocycles. The summed E-state index contributed by atoms with van der Waals surface area (Å²) in [7, 11) is 1.50. The lowest BCUT2D eigenvalue weighted by molar-refractivity contribution is 0.0731. The third-order valence-electron chi connectivity index (χ3n) is 2.86. The summed E-state index contributed by atoms with van der Waals surface area (Å²) in [6.45, 7) is 1.85. The maximum Gasteiger partial charge on any atom is 0.347 e. The summed E-state index contributed by atoms with van der Waals surface area (Å²) in [4.78, 5) is 16.2. The van der Waals surface area contributed by atoms with Crippen molar-refractivity contribution >= 4 is 29.0 Å². The Labute approximate surface area is 128 Å². The predicted molar refractivity (Wildman–Crippen MR) is 83.8 cm³/mol. The molecule has 0 heterocycles. The highest BCUT2D eigenvalue weighted by Crippen LogP contribution is 2.29. The van der Waals surface area contributed by atoms with Gasteiger partial charge in [-0.25, -0.2) is 4.79 Å². The average Bonchev–Trinajstić information content (AvgIpc) is 2.50. The smallest absolute Gasteiger partial charge is 0.347 e. The molecular formula is C16H13NO3S. The van der Waals surface area contributed by atoms with E-state index in [2.05, 4.69) is 22.4 Å². The molecule has 0 aliphatic carbocycles. The molecule has 21 heavy (non-hydrogen) atoms. The van der Waals surface area contributed by atoms with Crippen LogP contribution in [-0.4, -0.2) is 18.2 Å². The number of esters is 1. The third-order valence-corrected chi connectivity index (χ3v) is 2.95. The summed E-state index contributed by atoms with van der Waals surface area (Å²) in [6, 6.07) is 12.1. The normalized spacial score (nSPS) is 9.62. The minimum atomic E-state index is -0.515. The Morgan fingerprint density at radius 3 is 2.57 bits per heavy atom. The fourth-order valence-electron chi connectivity index (χ4n) is 1.82. The van der Waals surface area contributed by atoms with Gasteiger partial charge in [-0.2, -0.15) is 4.99 Å². The highest BCUT2D eigenvalue weighted by atomic mass is 32.1. The number of carbonyl (C=O) groups is 1. The number of benzene rings is 2. The molecule has 0 spiro atoms. The third kappa shape index (κ3) is 3.54. The average molecular weight is 299 g/mol. The molecule has 0 aliphatic rings. The van der Waals surface area contributed by atoms with Gasteiger partial charge in [-0.15, -0.1) is 0 Å². The number of carbonyl (C=O) groups excluding carboxylic acids is 1. The van der Waals surface area contributed by atoms with Crippen LogP contribution in [0.25, 0.3) is 0 Å². The summed E-state index contributed by atoms with van der Waals surface area (Å²) in [5.74, 6) is 0.376. The van der Waals surface area contributed by atoms with Crippen LogP contribution in [0.4, 0.5) is 5.69 Å². The number of rotatable bonds is 4. The highest BCUT2D eigenvalue weighted by Gasteiger charge is 2.17. The van der Waals surface area contributed by atoms with E-state index in [0.29, 0.717) is 17.2 Å². The van der Waals surface area contributed by atoms with Gasteiger partial charge in [0.2, 0.25) is 0 Å². The van der Waals surface area contributed by atoms with Crippen molar-refractivity contribution in [3.8, 4) is 11.5 Å². The Hall–Kier alpha value is -2.49. The Kier molecular flexibility index (Phi) is 4.82. The Morgan fingerprint density at radius 2 is 1.95 bits per heavy atom. The zero-order valence-corrected chi connectivity index (χ0v) is 12.4. The molecule has 106 valence electrons. The van der Waals surface area contributed by atoms with E-state index in [1.54, 1.807) is 36.4 Å². The van der Waals surface area contributed by atoms with Gasteiger partial charge in [0.25, 0.3) is 0 Å². The van der Waals surface area contributed by atoms with Crippen LogP contribution in [0.5, 0.6) is 11.5 Å². The molecule has 0 fully saturated rings. The van der Waals surface area contributed by atoms with Crippen molar-refractivity contribution in [1.82, 2.24) is 0 Å². The molecule has 0 radical (unpaired) electrons. The maximum absolute atomic E-state index is 12.3. The van der Waals surface area contributed by atoms with Crippen LogP contribution in [0, 0.1) is 6.92 Å². The second-order valence-electron chi connectivity index (χ2n) is 4.24. The molecule has 0 saturated heterocycles. The Balaban J connectivity index is 2.39. The van der Waals surface area contributed by atoms with Crippen LogP contribution >= 0.6 is 12.2 Å². The van der Waals surface area contributed by atoms with E-state index in [9.17, 15) is 4.79 Å². The highest BCUT2D eigenvalue weighted by molar-refractivity contribution is 7.78. The van der Waals surface area contributed by atoms with Gasteiger partial charge in [0.15, 0.2) is 0 Å². The van der Waals surface area contributed by atoms with Crippen LogP contribution in [-0.2, 0) is 0 Å². The van der Waals surface area contributed by atoms with Crippen LogP contribution < -0.4 is 9.47 Å². The van der Waals surface area contributed by atoms with Gasteiger partial charge < -0.3 is 9.47 Å². The van der Waals surface area contributed by atoms with E-state index in [1.165, 1.54) is 7.11 Å². The molecule has 0 atom stereocenters. The lowest BCUT2D eigenvalue weighted by Crippen LogP contribution is -2.10. The second-order valence-corrected chi connectivity index (χ2v) is 4.43. The number of nitrogens with zero attached hydrogens (tertiary/aromatic N) is 1. The summed E-state index contributed by atoms with van der Waals surface area (Å²) in [5.41, 5.74) is 1.68. The molecule has 0 saturated carbocycles. The number of thiocarbonyl (C=S) groups is 1. The first kappa shape index (κ1) is 14.9. The number of isothiocyanates is 1. The number of hydrogen-bond donors (Lipinski definition) is 0. The SMILES string of the molecule is COc1cc(C)c(N=C=S)cc1C(=O)Oc1ccccc1. The van der Waals surface area contributed by atoms with E-state index in [-0.39, 0.29) is 5.56 Å². The van der Waals surface area contributed by atoms with Crippen LogP contribution in [0.15, 0.2) is 47.5 Å². The van der Waals surface area contributed by atoms with Gasteiger partial charge in [-0.3, -0.25) is 0 Å². The molecule has 2 aromatic rings. The van der Waals surface area contributed by atoms with Gasteiger partial charge in [-0.05, 0) is 49.0 Å². The standard InChI is InChI=1S/C16H13NO3S/c1-11-8-15(19-2)13(9-14(11)17-10-21)16(18)20-12-6-4-3-5-7-12/h3-9H,1-2H3. The number of methoxy groups -OCH3 is 1. The van der Waals surface area contributed by atoms with Crippen molar-refractivity contribution in [2.75, 3.05) is 7.11 Å². The lowest BCUT2D eigenvalue weighted by Gasteiger charge is -2.10. The van der Waals surface area contributed by atoms with E-state index >= 15 is 0 Å². The molecule has 0 aromatic heterocycles. The van der Waals surface area contributed by atoms with E-state index in [4.69, 9.17) is 9.47 Å². The van der Waals surface area contributed by atoms with Gasteiger partial charge in [-0.1, -0.05) is 18.2 Å². The number of hydrogen-bond acceptors (Lipinski definition) is 5. The fourth-order valence-corrected chi connectivity index (χ4v) is 1.92. The van der Waals surface area contributed by atoms with Gasteiger partial charge in [0, 0.05) is 0 Å². The predicted octanol–water partition coefficient (Wildman–Crippen LogP) is 3.96. The quantitative estimate of drug-likeness (QED) is 0.371. The van der Waals surface area contributed by atoms with Gasteiger partial charge in [0.05, 0.1) is 18.0 Å². The molecule has 0 N–H and O–H groups in total. The topological polar surface area (TPSA) is 47.9 Å². The van der Waals surface area contributed by atoms with Crippen LogP contribution in [0.2, 0.25) is 0 Å². The molecule has 0 unspecified atom stereocenters. The molecule has 5 heteroatoms. The minimum absolute atomic E-state index is 0.288. The van der Waals surface area contributed by atoms with Gasteiger partial charge >= 0.3 is 5.97 Å². The molecule has 0 aliphatic heterocycles. The molecule has 0 bridgehead atoms. The Bertz CT molecular complexity index is 707. The number of aliphatic imine (C=N–C) groups is 1. The first-order valence-electron chi connectivity index (χ1n) is 6.19. The summed E-state index contributed by atoms with van der Waals surface area (Å²) >= 11 is 4.60. The molecule has 4 nitrogen and oxygen atoms in total. The number of aryl methyl sites for hydroxylation is 1. The summed E-state index contributed by atoms with van der Waals surface area (Å²) in [5, 5.41) is 2.29. The van der Waals surface area contributed by atoms with Crippen molar-refractivity contribution in [2.24, 2.45) is 4.99 Å². The number of para-hydroxylation sites is 1. The van der Waals surface area contributed by atoms with Crippen LogP contribution in [0.1, 0.15) is 15.9 Å². The van der Waals surface area contributed by atoms with E-state index in [0.717, 1.165) is 5.56 Å². The van der Waals surface area contributed by atoms with Crippen molar-refractivity contribution in [3.63, 3.8) is 0 Å². The van der Waals surface area contributed by atoms with Crippen molar-refractivity contribution in [3.05, 3.63) is 53.6 Å². The fraction of sp³-hybridized carbons (Fsp3) is 0.125. The Morgan fingerprint density at radius 1 is 1.24 bits per heavy atom. The zero-order valence-electron chi connectivity index (χ0n) is 11.6. The monoisotopic (exact) mass is 299 g/mol. The van der Waals surface area contributed by atoms with Crippen molar-refractivity contribution in [1.29, 1.82) is 0 Å². The first-order chi connectivity index (χ1) is 10.2. The van der Waals surface area contributed by atoms with Crippen molar-refractivity contribution < 1.29 is 14.3 Å². The summed E-state index contributed by atoms with van der Waals surface area (Å²) in [6.07, 6.45) is 0. The molecular weight excluding hydrogens is 286 g/mol. The number of ether oxygens (including phenoxy) is 2. The van der Waals surface area contributed by atoms with Gasteiger partial charge in [0.1, 0.15) is 17.1 Å². The second kappa shape index (κ2) is 6.79.